The molecule has 1 saturated heterocycles. The third kappa shape index (κ3) is 4.46. The van der Waals surface area contributed by atoms with Crippen molar-refractivity contribution in [2.45, 2.75) is 26.3 Å². The Morgan fingerprint density at radius 1 is 1.07 bits per heavy atom. The van der Waals surface area contributed by atoms with Gasteiger partial charge in [-0.05, 0) is 44.0 Å². The Balaban J connectivity index is 1.30. The molecule has 0 saturated carbocycles. The number of aryl methyl sites for hydroxylation is 1. The summed E-state index contributed by atoms with van der Waals surface area (Å²) >= 11 is 1.42. The van der Waals surface area contributed by atoms with E-state index < -0.39 is 0 Å². The van der Waals surface area contributed by atoms with Crippen LogP contribution in [0.5, 0.6) is 0 Å². The SMILES string of the molecule is Cc1ccccc1CN1CCC(C(=O)Nc2nnc(-c3ccccc3)s2)CC1. The molecule has 0 spiro atoms. The zero-order valence-corrected chi connectivity index (χ0v) is 16.8. The monoisotopic (exact) mass is 392 g/mol. The maximum atomic E-state index is 12.6. The van der Waals surface area contributed by atoms with E-state index in [1.54, 1.807) is 0 Å². The molecule has 144 valence electrons. The molecule has 5 nitrogen and oxygen atoms in total. The van der Waals surface area contributed by atoms with Crippen LogP contribution in [0.15, 0.2) is 54.6 Å². The van der Waals surface area contributed by atoms with Gasteiger partial charge in [0.15, 0.2) is 0 Å². The maximum absolute atomic E-state index is 12.6. The van der Waals surface area contributed by atoms with Crippen LogP contribution >= 0.6 is 11.3 Å². The number of hydrogen-bond acceptors (Lipinski definition) is 5. The number of hydrogen-bond donors (Lipinski definition) is 1. The Morgan fingerprint density at radius 3 is 2.54 bits per heavy atom. The summed E-state index contributed by atoms with van der Waals surface area (Å²) in [5.41, 5.74) is 3.71. The van der Waals surface area contributed by atoms with Gasteiger partial charge < -0.3 is 5.32 Å². The average Bonchev–Trinajstić information content (AvgIpc) is 3.19. The van der Waals surface area contributed by atoms with Gasteiger partial charge >= 0.3 is 0 Å². The number of carbonyl (C=O) groups excluding carboxylic acids is 1. The van der Waals surface area contributed by atoms with E-state index in [2.05, 4.69) is 51.6 Å². The minimum atomic E-state index is 0.0391. The molecule has 1 aromatic heterocycles. The highest BCUT2D eigenvalue weighted by molar-refractivity contribution is 7.18. The molecule has 3 aromatic rings. The molecule has 0 radical (unpaired) electrons. The summed E-state index contributed by atoms with van der Waals surface area (Å²) in [6.45, 7) is 4.99. The van der Waals surface area contributed by atoms with E-state index >= 15 is 0 Å². The Labute approximate surface area is 169 Å². The van der Waals surface area contributed by atoms with Crippen LogP contribution in [0.3, 0.4) is 0 Å². The lowest BCUT2D eigenvalue weighted by Gasteiger charge is -2.31. The summed E-state index contributed by atoms with van der Waals surface area (Å²) in [7, 11) is 0. The summed E-state index contributed by atoms with van der Waals surface area (Å²) in [5, 5.41) is 12.7. The average molecular weight is 393 g/mol. The fourth-order valence-electron chi connectivity index (χ4n) is 3.56. The number of nitrogens with zero attached hydrogens (tertiary/aromatic N) is 3. The number of likely N-dealkylation sites (tertiary alicyclic amines) is 1. The number of aromatic nitrogens is 2. The summed E-state index contributed by atoms with van der Waals surface area (Å²) in [5.74, 6) is 0.100. The zero-order chi connectivity index (χ0) is 19.3. The lowest BCUT2D eigenvalue weighted by molar-refractivity contribution is -0.121. The molecular weight excluding hydrogens is 368 g/mol. The Kier molecular flexibility index (Phi) is 5.78. The first-order valence-electron chi connectivity index (χ1n) is 9.66. The van der Waals surface area contributed by atoms with Gasteiger partial charge in [-0.25, -0.2) is 0 Å². The first-order valence-corrected chi connectivity index (χ1v) is 10.5. The molecule has 2 aromatic carbocycles. The molecule has 0 aliphatic carbocycles. The van der Waals surface area contributed by atoms with Crippen molar-refractivity contribution >= 4 is 22.4 Å². The number of anilines is 1. The molecule has 1 aliphatic heterocycles. The Morgan fingerprint density at radius 2 is 1.79 bits per heavy atom. The fraction of sp³-hybridized carbons (Fsp3) is 0.318. The predicted octanol–water partition coefficient (Wildman–Crippen LogP) is 4.36. The lowest BCUT2D eigenvalue weighted by atomic mass is 9.95. The highest BCUT2D eigenvalue weighted by atomic mass is 32.1. The van der Waals surface area contributed by atoms with Gasteiger partial charge in [0, 0.05) is 18.0 Å². The van der Waals surface area contributed by atoms with E-state index in [-0.39, 0.29) is 11.8 Å². The number of benzene rings is 2. The number of carbonyl (C=O) groups is 1. The molecule has 28 heavy (non-hydrogen) atoms. The predicted molar refractivity (Wildman–Crippen MR) is 113 cm³/mol. The topological polar surface area (TPSA) is 58.1 Å². The van der Waals surface area contributed by atoms with Crippen LogP contribution in [0, 0.1) is 12.8 Å². The van der Waals surface area contributed by atoms with Crippen molar-refractivity contribution in [2.75, 3.05) is 18.4 Å². The van der Waals surface area contributed by atoms with E-state index in [0.717, 1.165) is 43.0 Å². The van der Waals surface area contributed by atoms with Gasteiger partial charge in [0.1, 0.15) is 5.01 Å². The molecule has 1 N–H and O–H groups in total. The molecule has 1 amide bonds. The van der Waals surface area contributed by atoms with Crippen molar-refractivity contribution in [1.29, 1.82) is 0 Å². The summed E-state index contributed by atoms with van der Waals surface area (Å²) in [4.78, 5) is 15.1. The van der Waals surface area contributed by atoms with Crippen LogP contribution in [0.25, 0.3) is 10.6 Å². The van der Waals surface area contributed by atoms with Crippen molar-refractivity contribution < 1.29 is 4.79 Å². The second-order valence-corrected chi connectivity index (χ2v) is 8.22. The van der Waals surface area contributed by atoms with Crippen molar-refractivity contribution in [2.24, 2.45) is 5.92 Å². The molecule has 2 heterocycles. The largest absolute Gasteiger partial charge is 0.300 e. The van der Waals surface area contributed by atoms with Crippen LogP contribution in [0.2, 0.25) is 0 Å². The van der Waals surface area contributed by atoms with Gasteiger partial charge in [-0.15, -0.1) is 10.2 Å². The fourth-order valence-corrected chi connectivity index (χ4v) is 4.31. The molecule has 1 aliphatic rings. The van der Waals surface area contributed by atoms with Crippen LogP contribution in [0.1, 0.15) is 24.0 Å². The van der Waals surface area contributed by atoms with E-state index in [0.29, 0.717) is 5.13 Å². The van der Waals surface area contributed by atoms with Gasteiger partial charge in [0.05, 0.1) is 0 Å². The normalized spacial score (nSPS) is 15.5. The van der Waals surface area contributed by atoms with Gasteiger partial charge in [0.2, 0.25) is 11.0 Å². The van der Waals surface area contributed by atoms with Crippen molar-refractivity contribution in [3.8, 4) is 10.6 Å². The minimum absolute atomic E-state index is 0.0391. The van der Waals surface area contributed by atoms with E-state index in [1.165, 1.54) is 22.5 Å². The Bertz CT molecular complexity index is 932. The second-order valence-electron chi connectivity index (χ2n) is 7.24. The van der Waals surface area contributed by atoms with Crippen molar-refractivity contribution in [3.05, 3.63) is 65.7 Å². The van der Waals surface area contributed by atoms with Crippen molar-refractivity contribution in [1.82, 2.24) is 15.1 Å². The first kappa shape index (κ1) is 18.8. The maximum Gasteiger partial charge on any atom is 0.229 e. The standard InChI is InChI=1S/C22H24N4OS/c1-16-7-5-6-10-19(16)15-26-13-11-17(12-14-26)20(27)23-22-25-24-21(28-22)18-8-3-2-4-9-18/h2-10,17H,11-15H2,1H3,(H,23,25,27). The Hall–Kier alpha value is -2.57. The molecule has 4 rings (SSSR count). The number of rotatable bonds is 5. The molecule has 0 atom stereocenters. The van der Waals surface area contributed by atoms with E-state index in [1.807, 2.05) is 30.3 Å². The number of amides is 1. The molecular formula is C22H24N4OS. The first-order chi connectivity index (χ1) is 13.7. The molecule has 0 bridgehead atoms. The lowest BCUT2D eigenvalue weighted by Crippen LogP contribution is -2.37. The van der Waals surface area contributed by atoms with Crippen LogP contribution < -0.4 is 5.32 Å². The number of piperidine rings is 1. The van der Waals surface area contributed by atoms with Crippen molar-refractivity contribution in [3.63, 3.8) is 0 Å². The van der Waals surface area contributed by atoms with E-state index in [4.69, 9.17) is 0 Å². The van der Waals surface area contributed by atoms with Crippen LogP contribution in [-0.2, 0) is 11.3 Å². The minimum Gasteiger partial charge on any atom is -0.300 e. The summed E-state index contributed by atoms with van der Waals surface area (Å²) in [6.07, 6.45) is 1.75. The second kappa shape index (κ2) is 8.63. The molecule has 0 unspecified atom stereocenters. The quantitative estimate of drug-likeness (QED) is 0.701. The van der Waals surface area contributed by atoms with Gasteiger partial charge in [-0.3, -0.25) is 9.69 Å². The third-order valence-corrected chi connectivity index (χ3v) is 6.18. The number of nitrogens with one attached hydrogen (secondary N) is 1. The third-order valence-electron chi connectivity index (χ3n) is 5.29. The highest BCUT2D eigenvalue weighted by Gasteiger charge is 2.26. The van der Waals surface area contributed by atoms with Crippen LogP contribution in [0.4, 0.5) is 5.13 Å². The van der Waals surface area contributed by atoms with E-state index in [9.17, 15) is 4.79 Å². The highest BCUT2D eigenvalue weighted by Crippen LogP contribution is 2.27. The van der Waals surface area contributed by atoms with Gasteiger partial charge in [-0.1, -0.05) is 65.9 Å². The molecule has 6 heteroatoms. The zero-order valence-electron chi connectivity index (χ0n) is 16.0. The molecule has 1 fully saturated rings. The smallest absolute Gasteiger partial charge is 0.229 e. The van der Waals surface area contributed by atoms with Crippen LogP contribution in [-0.4, -0.2) is 34.1 Å². The summed E-state index contributed by atoms with van der Waals surface area (Å²) in [6, 6.07) is 18.4. The summed E-state index contributed by atoms with van der Waals surface area (Å²) < 4.78 is 0. The van der Waals surface area contributed by atoms with Gasteiger partial charge in [0.25, 0.3) is 0 Å². The van der Waals surface area contributed by atoms with Gasteiger partial charge in [-0.2, -0.15) is 0 Å².